The van der Waals surface area contributed by atoms with E-state index in [-0.39, 0.29) is 12.2 Å². The van der Waals surface area contributed by atoms with Gasteiger partial charge in [-0.25, -0.2) is 9.18 Å². The molecule has 0 saturated heterocycles. The van der Waals surface area contributed by atoms with E-state index in [0.717, 1.165) is 0 Å². The fourth-order valence-corrected chi connectivity index (χ4v) is 2.01. The number of hydrogen-bond acceptors (Lipinski definition) is 2. The molecule has 0 fully saturated rings. The Kier molecular flexibility index (Phi) is 4.73. The molecule has 5 heteroatoms. The van der Waals surface area contributed by atoms with Gasteiger partial charge >= 0.3 is 5.97 Å². The predicted octanol–water partition coefficient (Wildman–Crippen LogP) is 3.66. The third kappa shape index (κ3) is 3.01. The molecule has 0 spiro atoms. The first-order valence-corrected chi connectivity index (χ1v) is 6.22. The minimum absolute atomic E-state index is 0.0410. The molecule has 0 aliphatic heterocycles. The molecule has 1 rings (SSSR count). The Morgan fingerprint density at radius 3 is 2.73 bits per heavy atom. The molecule has 0 amide bonds. The van der Waals surface area contributed by atoms with Crippen LogP contribution in [0.4, 0.5) is 4.39 Å². The van der Waals surface area contributed by atoms with Crippen molar-refractivity contribution in [3.8, 4) is 0 Å². The van der Waals surface area contributed by atoms with E-state index in [4.69, 9.17) is 4.74 Å². The van der Waals surface area contributed by atoms with Crippen LogP contribution in [0.2, 0.25) is 0 Å². The summed E-state index contributed by atoms with van der Waals surface area (Å²) >= 11 is 6.36. The third-order valence-electron chi connectivity index (χ3n) is 1.75. The van der Waals surface area contributed by atoms with Crippen molar-refractivity contribution < 1.29 is 13.9 Å². The van der Waals surface area contributed by atoms with Crippen LogP contribution in [0.15, 0.2) is 16.6 Å². The van der Waals surface area contributed by atoms with E-state index < -0.39 is 11.8 Å². The van der Waals surface area contributed by atoms with Crippen molar-refractivity contribution in [3.63, 3.8) is 0 Å². The summed E-state index contributed by atoms with van der Waals surface area (Å²) in [5.41, 5.74) is 0.383. The van der Waals surface area contributed by atoms with Crippen molar-refractivity contribution in [2.45, 2.75) is 12.3 Å². The Balaban J connectivity index is 3.17. The minimum Gasteiger partial charge on any atom is -0.462 e. The summed E-state index contributed by atoms with van der Waals surface area (Å²) in [6.45, 7) is 1.91. The molecule has 1 aromatic rings. The first-order chi connectivity index (χ1) is 7.10. The quantitative estimate of drug-likeness (QED) is 0.620. The molecule has 0 aliphatic carbocycles. The van der Waals surface area contributed by atoms with Gasteiger partial charge in [0.2, 0.25) is 0 Å². The summed E-state index contributed by atoms with van der Waals surface area (Å²) < 4.78 is 19.1. The van der Waals surface area contributed by atoms with Crippen LogP contribution in [0, 0.1) is 5.82 Å². The number of halogens is 3. The molecule has 0 saturated carbocycles. The Bertz CT molecular complexity index is 380. The van der Waals surface area contributed by atoms with Gasteiger partial charge in [0, 0.05) is 15.4 Å². The molecule has 1 aromatic carbocycles. The third-order valence-corrected chi connectivity index (χ3v) is 2.81. The molecule has 0 N–H and O–H groups in total. The second-order valence-electron chi connectivity index (χ2n) is 2.78. The molecular formula is C10H9Br2FO2. The van der Waals surface area contributed by atoms with Gasteiger partial charge in [-0.15, -0.1) is 0 Å². The smallest absolute Gasteiger partial charge is 0.341 e. The maximum atomic E-state index is 13.7. The highest BCUT2D eigenvalue weighted by Crippen LogP contribution is 2.22. The molecule has 0 bridgehead atoms. The number of ether oxygens (including phenoxy) is 1. The largest absolute Gasteiger partial charge is 0.462 e. The van der Waals surface area contributed by atoms with E-state index in [1.54, 1.807) is 13.0 Å². The molecule has 2 nitrogen and oxygen atoms in total. The standard InChI is InChI=1S/C10H9Br2FO2/c1-2-15-10(14)8-4-7(12)3-6(5-11)9(8)13/h3-4H,2,5H2,1H3. The zero-order chi connectivity index (χ0) is 11.4. The topological polar surface area (TPSA) is 26.3 Å². The molecule has 82 valence electrons. The van der Waals surface area contributed by atoms with E-state index in [1.807, 2.05) is 0 Å². The fourth-order valence-electron chi connectivity index (χ4n) is 1.10. The van der Waals surface area contributed by atoms with Crippen molar-refractivity contribution in [2.75, 3.05) is 6.61 Å². The molecule has 0 aromatic heterocycles. The van der Waals surface area contributed by atoms with E-state index in [0.29, 0.717) is 15.4 Å². The molecule has 0 unspecified atom stereocenters. The number of hydrogen-bond donors (Lipinski definition) is 0. The lowest BCUT2D eigenvalue weighted by Crippen LogP contribution is -2.08. The summed E-state index contributed by atoms with van der Waals surface area (Å²) in [5.74, 6) is -1.17. The zero-order valence-electron chi connectivity index (χ0n) is 8.02. The molecule has 0 heterocycles. The van der Waals surface area contributed by atoms with Crippen molar-refractivity contribution in [2.24, 2.45) is 0 Å². The van der Waals surface area contributed by atoms with Crippen LogP contribution in [-0.2, 0) is 10.1 Å². The molecule has 15 heavy (non-hydrogen) atoms. The Morgan fingerprint density at radius 1 is 1.53 bits per heavy atom. The second kappa shape index (κ2) is 5.61. The Labute approximate surface area is 104 Å². The summed E-state index contributed by atoms with van der Waals surface area (Å²) in [6.07, 6.45) is 0. The van der Waals surface area contributed by atoms with Gasteiger partial charge in [0.1, 0.15) is 5.82 Å². The van der Waals surface area contributed by atoms with Crippen LogP contribution < -0.4 is 0 Å². The van der Waals surface area contributed by atoms with Gasteiger partial charge in [0.15, 0.2) is 0 Å². The highest BCUT2D eigenvalue weighted by molar-refractivity contribution is 9.10. The number of rotatable bonds is 3. The SMILES string of the molecule is CCOC(=O)c1cc(Br)cc(CBr)c1F. The number of alkyl halides is 1. The Hall–Kier alpha value is -0.420. The van der Waals surface area contributed by atoms with Gasteiger partial charge in [-0.3, -0.25) is 0 Å². The van der Waals surface area contributed by atoms with Gasteiger partial charge in [0.05, 0.1) is 12.2 Å². The van der Waals surface area contributed by atoms with Crippen LogP contribution in [-0.4, -0.2) is 12.6 Å². The van der Waals surface area contributed by atoms with Gasteiger partial charge < -0.3 is 4.74 Å². The lowest BCUT2D eigenvalue weighted by molar-refractivity contribution is 0.0520. The van der Waals surface area contributed by atoms with Gasteiger partial charge in [-0.1, -0.05) is 31.9 Å². The monoisotopic (exact) mass is 338 g/mol. The average molecular weight is 340 g/mol. The predicted molar refractivity (Wildman–Crippen MR) is 62.7 cm³/mol. The molecule has 0 radical (unpaired) electrons. The van der Waals surface area contributed by atoms with E-state index >= 15 is 0 Å². The van der Waals surface area contributed by atoms with Crippen molar-refractivity contribution in [3.05, 3.63) is 33.5 Å². The molecule has 0 atom stereocenters. The van der Waals surface area contributed by atoms with Gasteiger partial charge in [0.25, 0.3) is 0 Å². The van der Waals surface area contributed by atoms with Crippen LogP contribution in [0.1, 0.15) is 22.8 Å². The number of carbonyl (C=O) groups is 1. The Morgan fingerprint density at radius 2 is 2.20 bits per heavy atom. The summed E-state index contributed by atoms with van der Waals surface area (Å²) in [6, 6.07) is 3.03. The van der Waals surface area contributed by atoms with E-state index in [2.05, 4.69) is 31.9 Å². The summed E-state index contributed by atoms with van der Waals surface area (Å²) in [4.78, 5) is 11.4. The number of benzene rings is 1. The second-order valence-corrected chi connectivity index (χ2v) is 4.26. The van der Waals surface area contributed by atoms with Crippen LogP contribution in [0.5, 0.6) is 0 Å². The highest BCUT2D eigenvalue weighted by Gasteiger charge is 2.16. The highest BCUT2D eigenvalue weighted by atomic mass is 79.9. The normalized spacial score (nSPS) is 10.1. The average Bonchev–Trinajstić information content (AvgIpc) is 2.21. The van der Waals surface area contributed by atoms with Crippen LogP contribution >= 0.6 is 31.9 Å². The van der Waals surface area contributed by atoms with E-state index in [9.17, 15) is 9.18 Å². The zero-order valence-corrected chi connectivity index (χ0v) is 11.2. The lowest BCUT2D eigenvalue weighted by Gasteiger charge is -2.07. The van der Waals surface area contributed by atoms with Crippen LogP contribution in [0.25, 0.3) is 0 Å². The van der Waals surface area contributed by atoms with Gasteiger partial charge in [-0.2, -0.15) is 0 Å². The minimum atomic E-state index is -0.640. The summed E-state index contributed by atoms with van der Waals surface area (Å²) in [7, 11) is 0. The molecular weight excluding hydrogens is 331 g/mol. The first-order valence-electron chi connectivity index (χ1n) is 4.31. The fraction of sp³-hybridized carbons (Fsp3) is 0.300. The first kappa shape index (κ1) is 12.6. The van der Waals surface area contributed by atoms with Crippen molar-refractivity contribution in [1.29, 1.82) is 0 Å². The maximum Gasteiger partial charge on any atom is 0.341 e. The summed E-state index contributed by atoms with van der Waals surface area (Å²) in [5, 5.41) is 0.352. The van der Waals surface area contributed by atoms with Crippen molar-refractivity contribution >= 4 is 37.8 Å². The van der Waals surface area contributed by atoms with Crippen molar-refractivity contribution in [1.82, 2.24) is 0 Å². The lowest BCUT2D eigenvalue weighted by atomic mass is 10.1. The molecule has 0 aliphatic rings. The number of carbonyl (C=O) groups excluding carboxylic acids is 1. The maximum absolute atomic E-state index is 13.7. The van der Waals surface area contributed by atoms with Gasteiger partial charge in [-0.05, 0) is 19.1 Å². The number of esters is 1. The van der Waals surface area contributed by atoms with E-state index in [1.165, 1.54) is 6.07 Å². The van der Waals surface area contributed by atoms with Crippen LogP contribution in [0.3, 0.4) is 0 Å².